The maximum Gasteiger partial charge on any atom is 0.162 e. The molecule has 6 nitrogen and oxygen atoms in total. The Morgan fingerprint density at radius 3 is 2.53 bits per heavy atom. The van der Waals surface area contributed by atoms with E-state index in [0.717, 1.165) is 29.9 Å². The van der Waals surface area contributed by atoms with E-state index >= 15 is 0 Å². The molecule has 0 bridgehead atoms. The molecular weight excluding hydrogens is 416 g/mol. The number of amidine groups is 1. The van der Waals surface area contributed by atoms with Crippen molar-refractivity contribution in [3.63, 3.8) is 0 Å². The fourth-order valence-corrected chi connectivity index (χ4v) is 3.92. The largest absolute Gasteiger partial charge is 0.405 e. The minimum atomic E-state index is 0.435. The van der Waals surface area contributed by atoms with Gasteiger partial charge >= 0.3 is 0 Å². The van der Waals surface area contributed by atoms with Gasteiger partial charge in [0.2, 0.25) is 0 Å². The molecule has 5 N–H and O–H groups in total. The number of benzene rings is 2. The molecular formula is C25H34N6S. The first-order chi connectivity index (χ1) is 15.5. The Hall–Kier alpha value is -3.06. The molecule has 0 unspecified atom stereocenters. The number of rotatable bonds is 5. The fraction of sp³-hybridized carbons (Fsp3) is 0.320. The van der Waals surface area contributed by atoms with Crippen molar-refractivity contribution in [3.05, 3.63) is 71.4 Å². The van der Waals surface area contributed by atoms with Gasteiger partial charge in [-0.2, -0.15) is 0 Å². The van der Waals surface area contributed by atoms with Gasteiger partial charge in [-0.25, -0.2) is 0 Å². The van der Waals surface area contributed by atoms with Crippen molar-refractivity contribution < 1.29 is 0 Å². The summed E-state index contributed by atoms with van der Waals surface area (Å²) in [7, 11) is 1.91. The number of hydrogen-bond acceptors (Lipinski definition) is 6. The minimum Gasteiger partial charge on any atom is -0.405 e. The number of aliphatic imine (C=N–C) groups is 1. The van der Waals surface area contributed by atoms with Gasteiger partial charge in [0, 0.05) is 38.5 Å². The van der Waals surface area contributed by atoms with Crippen LogP contribution in [0.25, 0.3) is 0 Å². The highest BCUT2D eigenvalue weighted by Gasteiger charge is 2.20. The van der Waals surface area contributed by atoms with Crippen LogP contribution in [-0.2, 0) is 19.4 Å². The Balaban J connectivity index is 0.00000114. The lowest BCUT2D eigenvalue weighted by Gasteiger charge is -2.30. The molecule has 1 aliphatic rings. The van der Waals surface area contributed by atoms with Gasteiger partial charge in [-0.15, -0.1) is 0 Å². The summed E-state index contributed by atoms with van der Waals surface area (Å²) in [5, 5.41) is 20.8. The van der Waals surface area contributed by atoms with E-state index in [9.17, 15) is 0 Å². The molecule has 0 aromatic heterocycles. The highest BCUT2D eigenvalue weighted by Crippen LogP contribution is 2.25. The first-order valence-corrected chi connectivity index (χ1v) is 11.7. The number of anilines is 1. The van der Waals surface area contributed by atoms with Gasteiger partial charge in [-0.3, -0.25) is 15.8 Å². The van der Waals surface area contributed by atoms with E-state index in [1.807, 2.05) is 36.2 Å². The van der Waals surface area contributed by atoms with Gasteiger partial charge in [0.25, 0.3) is 0 Å². The molecule has 0 saturated carbocycles. The van der Waals surface area contributed by atoms with E-state index in [1.54, 1.807) is 12.3 Å². The summed E-state index contributed by atoms with van der Waals surface area (Å²) in [6.07, 6.45) is 7.44. The summed E-state index contributed by atoms with van der Waals surface area (Å²) in [4.78, 5) is 6.31. The van der Waals surface area contributed by atoms with Crippen LogP contribution in [0.2, 0.25) is 0 Å². The average molecular weight is 451 g/mol. The van der Waals surface area contributed by atoms with E-state index < -0.39 is 0 Å². The van der Waals surface area contributed by atoms with Crippen LogP contribution < -0.4 is 11.1 Å². The first kappa shape index (κ1) is 25.2. The Kier molecular flexibility index (Phi) is 10.5. The summed E-state index contributed by atoms with van der Waals surface area (Å²) >= 11 is 1.23. The van der Waals surface area contributed by atoms with Gasteiger partial charge < -0.3 is 16.0 Å². The van der Waals surface area contributed by atoms with Crippen molar-refractivity contribution in [3.8, 4) is 0 Å². The Morgan fingerprint density at radius 2 is 1.88 bits per heavy atom. The molecule has 0 fully saturated rings. The van der Waals surface area contributed by atoms with E-state index in [0.29, 0.717) is 23.2 Å². The third-order valence-corrected chi connectivity index (χ3v) is 5.58. The lowest BCUT2D eigenvalue weighted by atomic mass is 9.99. The predicted molar refractivity (Wildman–Crippen MR) is 141 cm³/mol. The zero-order valence-electron chi connectivity index (χ0n) is 19.2. The van der Waals surface area contributed by atoms with Crippen LogP contribution in [0.1, 0.15) is 37.0 Å². The number of thioether (sulfide) groups is 1. The summed E-state index contributed by atoms with van der Waals surface area (Å²) in [6.45, 7) is 5.78. The van der Waals surface area contributed by atoms with Crippen LogP contribution in [0, 0.1) is 10.8 Å². The molecule has 0 amide bonds. The monoisotopic (exact) mass is 450 g/mol. The fourth-order valence-electron chi connectivity index (χ4n) is 3.17. The topological polar surface area (TPSA) is 101 Å². The molecule has 7 heteroatoms. The van der Waals surface area contributed by atoms with Crippen molar-refractivity contribution in [2.75, 3.05) is 18.9 Å². The third-order valence-electron chi connectivity index (χ3n) is 4.74. The van der Waals surface area contributed by atoms with Crippen molar-refractivity contribution in [1.82, 2.24) is 4.90 Å². The molecule has 32 heavy (non-hydrogen) atoms. The van der Waals surface area contributed by atoms with Crippen LogP contribution >= 0.6 is 11.8 Å². The third kappa shape index (κ3) is 7.89. The summed E-state index contributed by atoms with van der Waals surface area (Å²) in [5.41, 5.74) is 10.8. The van der Waals surface area contributed by atoms with Crippen LogP contribution in [-0.4, -0.2) is 34.9 Å². The van der Waals surface area contributed by atoms with Gasteiger partial charge in [-0.1, -0.05) is 38.5 Å². The minimum absolute atomic E-state index is 0.435. The predicted octanol–water partition coefficient (Wildman–Crippen LogP) is 5.57. The van der Waals surface area contributed by atoms with Crippen molar-refractivity contribution in [1.29, 1.82) is 10.8 Å². The average Bonchev–Trinajstić information content (AvgIpc) is 2.80. The highest BCUT2D eigenvalue weighted by atomic mass is 32.2. The number of nitrogens with zero attached hydrogens (tertiary/aromatic N) is 2. The lowest BCUT2D eigenvalue weighted by Crippen LogP contribution is -2.34. The number of fused-ring (bicyclic) bond motifs is 1. The molecule has 0 aliphatic carbocycles. The second-order valence-electron chi connectivity index (χ2n) is 7.45. The summed E-state index contributed by atoms with van der Waals surface area (Å²) in [5.74, 6) is 0. The smallest absolute Gasteiger partial charge is 0.162 e. The van der Waals surface area contributed by atoms with Gasteiger partial charge in [0.15, 0.2) is 5.17 Å². The number of allylic oxidation sites excluding steroid dienone is 1. The SMILES string of the molecule is CCC.CNc1ccc2c(c1)CN(C(=N)SC(=N)Cc1ccc(N=C/C=C\N)cc1)CC2. The molecule has 170 valence electrons. The van der Waals surface area contributed by atoms with Crippen molar-refractivity contribution >= 4 is 39.6 Å². The lowest BCUT2D eigenvalue weighted by molar-refractivity contribution is 0.399. The number of nitrogens with one attached hydrogen (secondary N) is 3. The van der Waals surface area contributed by atoms with Crippen LogP contribution in [0.4, 0.5) is 11.4 Å². The molecule has 2 aromatic carbocycles. The molecule has 0 atom stereocenters. The Morgan fingerprint density at radius 1 is 1.16 bits per heavy atom. The maximum absolute atomic E-state index is 8.44. The van der Waals surface area contributed by atoms with Gasteiger partial charge in [0.05, 0.1) is 10.7 Å². The van der Waals surface area contributed by atoms with Gasteiger partial charge in [0.1, 0.15) is 0 Å². The van der Waals surface area contributed by atoms with Crippen LogP contribution in [0.5, 0.6) is 0 Å². The molecule has 3 rings (SSSR count). The standard InChI is InChI=1S/C22H26N6S.C3H8/c1-26-20-8-5-17-9-12-28(15-18(17)14-20)22(25)29-21(24)13-16-3-6-19(7-4-16)27-11-2-10-23;1-3-2/h2-8,10-11,14,24-26H,9,12-13,15,23H2,1H3;3H2,1-2H3/b10-2-,24-21?,25-22?,27-11?;. The van der Waals surface area contributed by atoms with Gasteiger partial charge in [-0.05, 0) is 71.4 Å². The second-order valence-corrected chi connectivity index (χ2v) is 8.53. The van der Waals surface area contributed by atoms with E-state index in [2.05, 4.69) is 42.4 Å². The highest BCUT2D eigenvalue weighted by molar-refractivity contribution is 8.26. The first-order valence-electron chi connectivity index (χ1n) is 10.9. The summed E-state index contributed by atoms with van der Waals surface area (Å²) in [6, 6.07) is 14.2. The van der Waals surface area contributed by atoms with E-state index in [1.165, 1.54) is 35.5 Å². The van der Waals surface area contributed by atoms with Crippen LogP contribution in [0.3, 0.4) is 0 Å². The number of hydrogen-bond donors (Lipinski definition) is 4. The van der Waals surface area contributed by atoms with Crippen LogP contribution in [0.15, 0.2) is 59.7 Å². The molecule has 0 saturated heterocycles. The normalized spacial score (nSPS) is 12.9. The zero-order chi connectivity index (χ0) is 23.3. The molecule has 0 radical (unpaired) electrons. The van der Waals surface area contributed by atoms with Crippen molar-refractivity contribution in [2.24, 2.45) is 10.7 Å². The molecule has 1 aliphatic heterocycles. The second kappa shape index (κ2) is 13.4. The van der Waals surface area contributed by atoms with E-state index in [4.69, 9.17) is 16.6 Å². The Bertz CT molecular complexity index is 949. The van der Waals surface area contributed by atoms with E-state index in [-0.39, 0.29) is 0 Å². The molecule has 0 spiro atoms. The quantitative estimate of drug-likeness (QED) is 0.353. The number of nitrogens with two attached hydrogens (primary N) is 1. The van der Waals surface area contributed by atoms with Crippen molar-refractivity contribution in [2.45, 2.75) is 39.7 Å². The summed E-state index contributed by atoms with van der Waals surface area (Å²) < 4.78 is 0. The molecule has 2 aromatic rings. The Labute approximate surface area is 196 Å². The zero-order valence-corrected chi connectivity index (χ0v) is 20.0. The molecule has 1 heterocycles. The maximum atomic E-state index is 8.44.